The van der Waals surface area contributed by atoms with Crippen molar-refractivity contribution in [2.75, 3.05) is 27.2 Å². The molecule has 1 aliphatic rings. The van der Waals surface area contributed by atoms with Crippen LogP contribution in [0.15, 0.2) is 0 Å². The van der Waals surface area contributed by atoms with Crippen LogP contribution in [0.2, 0.25) is 0 Å². The summed E-state index contributed by atoms with van der Waals surface area (Å²) in [4.78, 5) is 2.34. The summed E-state index contributed by atoms with van der Waals surface area (Å²) in [5.74, 6) is 0. The van der Waals surface area contributed by atoms with Crippen molar-refractivity contribution < 1.29 is 4.74 Å². The van der Waals surface area contributed by atoms with Gasteiger partial charge in [0.15, 0.2) is 0 Å². The molecule has 1 aliphatic heterocycles. The van der Waals surface area contributed by atoms with Crippen LogP contribution in [0.4, 0.5) is 0 Å². The van der Waals surface area contributed by atoms with Gasteiger partial charge in [-0.1, -0.05) is 6.92 Å². The molecule has 0 radical (unpaired) electrons. The summed E-state index contributed by atoms with van der Waals surface area (Å²) >= 11 is 0. The van der Waals surface area contributed by atoms with E-state index in [1.807, 2.05) is 0 Å². The van der Waals surface area contributed by atoms with Crippen LogP contribution in [0.1, 0.15) is 59.3 Å². The van der Waals surface area contributed by atoms with Crippen molar-refractivity contribution >= 4 is 0 Å². The van der Waals surface area contributed by atoms with Crippen molar-refractivity contribution in [1.29, 1.82) is 0 Å². The number of nitrogens with one attached hydrogen (secondary N) is 1. The lowest BCUT2D eigenvalue weighted by atomic mass is 9.88. The average Bonchev–Trinajstić information content (AvgIpc) is 2.86. The smallest absolute Gasteiger partial charge is 0.0576 e. The van der Waals surface area contributed by atoms with Crippen LogP contribution in [-0.2, 0) is 4.74 Å². The molecule has 0 spiro atoms. The van der Waals surface area contributed by atoms with Crippen molar-refractivity contribution in [1.82, 2.24) is 10.2 Å². The maximum atomic E-state index is 5.72. The number of hydrogen-bond acceptors (Lipinski definition) is 3. The highest BCUT2D eigenvalue weighted by Crippen LogP contribution is 2.23. The quantitative estimate of drug-likeness (QED) is 0.697. The van der Waals surface area contributed by atoms with E-state index in [9.17, 15) is 0 Å². The molecule has 1 heterocycles. The summed E-state index contributed by atoms with van der Waals surface area (Å²) in [6.45, 7) is 9.01. The zero-order valence-corrected chi connectivity index (χ0v) is 13.7. The Balaban J connectivity index is 2.39. The summed E-state index contributed by atoms with van der Waals surface area (Å²) in [6, 6.07) is 0.559. The fraction of sp³-hybridized carbons (Fsp3) is 1.00. The number of nitrogens with zero attached hydrogens (tertiary/aromatic N) is 1. The molecule has 19 heavy (non-hydrogen) atoms. The predicted octanol–water partition coefficient (Wildman–Crippen LogP) is 3.04. The Morgan fingerprint density at radius 1 is 1.37 bits per heavy atom. The lowest BCUT2D eigenvalue weighted by Crippen LogP contribution is -2.55. The highest BCUT2D eigenvalue weighted by atomic mass is 16.5. The van der Waals surface area contributed by atoms with Gasteiger partial charge in [-0.05, 0) is 73.0 Å². The first kappa shape index (κ1) is 16.9. The molecule has 1 rings (SSSR count). The molecule has 1 fully saturated rings. The van der Waals surface area contributed by atoms with E-state index >= 15 is 0 Å². The normalized spacial score (nSPS) is 22.1. The highest BCUT2D eigenvalue weighted by Gasteiger charge is 2.30. The summed E-state index contributed by atoms with van der Waals surface area (Å²) in [5, 5.41) is 3.73. The molecule has 114 valence electrons. The summed E-state index contributed by atoms with van der Waals surface area (Å²) < 4.78 is 5.72. The van der Waals surface area contributed by atoms with Gasteiger partial charge < -0.3 is 15.0 Å². The van der Waals surface area contributed by atoms with Gasteiger partial charge in [-0.3, -0.25) is 0 Å². The first-order valence-electron chi connectivity index (χ1n) is 8.01. The standard InChI is InChI=1S/C16H34N2O/c1-6-12-17-15(16(2,3)18(4)5)11-7-9-14-10-8-13-19-14/h14-15,17H,6-13H2,1-5H3. The first-order valence-corrected chi connectivity index (χ1v) is 8.01. The lowest BCUT2D eigenvalue weighted by molar-refractivity contribution is 0.0940. The fourth-order valence-electron chi connectivity index (χ4n) is 2.76. The second kappa shape index (κ2) is 8.23. The largest absolute Gasteiger partial charge is 0.378 e. The minimum atomic E-state index is 0.200. The Hall–Kier alpha value is -0.120. The van der Waals surface area contributed by atoms with Gasteiger partial charge in [-0.2, -0.15) is 0 Å². The monoisotopic (exact) mass is 270 g/mol. The summed E-state index contributed by atoms with van der Waals surface area (Å²) in [5.41, 5.74) is 0.200. The van der Waals surface area contributed by atoms with Crippen molar-refractivity contribution in [2.45, 2.75) is 77.0 Å². The molecule has 0 bridgehead atoms. The Kier molecular flexibility index (Phi) is 7.33. The molecule has 1 N–H and O–H groups in total. The molecular weight excluding hydrogens is 236 g/mol. The third-order valence-electron chi connectivity index (χ3n) is 4.69. The van der Waals surface area contributed by atoms with Crippen LogP contribution in [0.3, 0.4) is 0 Å². The SMILES string of the molecule is CCCNC(CCCC1CCCO1)C(C)(C)N(C)C. The van der Waals surface area contributed by atoms with Crippen LogP contribution in [0, 0.1) is 0 Å². The summed E-state index contributed by atoms with van der Waals surface area (Å²) in [6.07, 6.45) is 8.00. The molecule has 2 unspecified atom stereocenters. The zero-order chi connectivity index (χ0) is 14.3. The minimum absolute atomic E-state index is 0.200. The second-order valence-electron chi connectivity index (χ2n) is 6.62. The molecule has 0 aromatic heterocycles. The van der Waals surface area contributed by atoms with Crippen molar-refractivity contribution in [3.05, 3.63) is 0 Å². The highest BCUT2D eigenvalue weighted by molar-refractivity contribution is 4.91. The molecule has 2 atom stereocenters. The third-order valence-corrected chi connectivity index (χ3v) is 4.69. The number of rotatable bonds is 9. The zero-order valence-electron chi connectivity index (χ0n) is 13.7. The molecule has 3 nitrogen and oxygen atoms in total. The Bertz CT molecular complexity index is 235. The van der Waals surface area contributed by atoms with E-state index in [2.05, 4.69) is 45.1 Å². The van der Waals surface area contributed by atoms with E-state index < -0.39 is 0 Å². The van der Waals surface area contributed by atoms with E-state index in [0.29, 0.717) is 12.1 Å². The van der Waals surface area contributed by atoms with Crippen molar-refractivity contribution in [2.24, 2.45) is 0 Å². The van der Waals surface area contributed by atoms with Gasteiger partial charge in [0.25, 0.3) is 0 Å². The Morgan fingerprint density at radius 2 is 2.11 bits per heavy atom. The van der Waals surface area contributed by atoms with E-state index in [1.165, 1.54) is 38.5 Å². The van der Waals surface area contributed by atoms with Crippen LogP contribution in [-0.4, -0.2) is 49.8 Å². The van der Waals surface area contributed by atoms with Gasteiger partial charge in [-0.15, -0.1) is 0 Å². The Morgan fingerprint density at radius 3 is 2.63 bits per heavy atom. The summed E-state index contributed by atoms with van der Waals surface area (Å²) in [7, 11) is 4.36. The van der Waals surface area contributed by atoms with E-state index in [-0.39, 0.29) is 5.54 Å². The first-order chi connectivity index (χ1) is 8.98. The topological polar surface area (TPSA) is 24.5 Å². The van der Waals surface area contributed by atoms with Crippen LogP contribution < -0.4 is 5.32 Å². The number of hydrogen-bond donors (Lipinski definition) is 1. The molecule has 0 amide bonds. The van der Waals surface area contributed by atoms with Crippen LogP contribution in [0.5, 0.6) is 0 Å². The molecule has 0 aromatic carbocycles. The van der Waals surface area contributed by atoms with Gasteiger partial charge >= 0.3 is 0 Å². The minimum Gasteiger partial charge on any atom is -0.378 e. The molecular formula is C16H34N2O. The molecule has 0 aromatic rings. The third kappa shape index (κ3) is 5.41. The van der Waals surface area contributed by atoms with Gasteiger partial charge in [0.05, 0.1) is 6.10 Å². The second-order valence-corrected chi connectivity index (χ2v) is 6.62. The van der Waals surface area contributed by atoms with E-state index in [4.69, 9.17) is 4.74 Å². The lowest BCUT2D eigenvalue weighted by Gasteiger charge is -2.41. The van der Waals surface area contributed by atoms with E-state index in [1.54, 1.807) is 0 Å². The molecule has 0 aliphatic carbocycles. The van der Waals surface area contributed by atoms with Crippen LogP contribution >= 0.6 is 0 Å². The van der Waals surface area contributed by atoms with Crippen LogP contribution in [0.25, 0.3) is 0 Å². The van der Waals surface area contributed by atoms with Crippen molar-refractivity contribution in [3.8, 4) is 0 Å². The van der Waals surface area contributed by atoms with Gasteiger partial charge in [0, 0.05) is 18.2 Å². The molecule has 3 heteroatoms. The van der Waals surface area contributed by atoms with Gasteiger partial charge in [-0.25, -0.2) is 0 Å². The van der Waals surface area contributed by atoms with E-state index in [0.717, 1.165) is 13.2 Å². The molecule has 1 saturated heterocycles. The van der Waals surface area contributed by atoms with Gasteiger partial charge in [0.1, 0.15) is 0 Å². The predicted molar refractivity (Wildman–Crippen MR) is 82.7 cm³/mol. The van der Waals surface area contributed by atoms with Gasteiger partial charge in [0.2, 0.25) is 0 Å². The average molecular weight is 270 g/mol. The molecule has 0 saturated carbocycles. The fourth-order valence-corrected chi connectivity index (χ4v) is 2.76. The number of ether oxygens (including phenoxy) is 1. The Labute approximate surface area is 120 Å². The maximum absolute atomic E-state index is 5.72. The van der Waals surface area contributed by atoms with Crippen molar-refractivity contribution in [3.63, 3.8) is 0 Å². The maximum Gasteiger partial charge on any atom is 0.0576 e. The number of likely N-dealkylation sites (N-methyl/N-ethyl adjacent to an activating group) is 1.